The van der Waals surface area contributed by atoms with Crippen LogP contribution < -0.4 is 19.9 Å². The topological polar surface area (TPSA) is 83.5 Å². The highest BCUT2D eigenvalue weighted by molar-refractivity contribution is 6.07. The molecule has 8 nitrogen and oxygen atoms in total. The first kappa shape index (κ1) is 28.3. The van der Waals surface area contributed by atoms with Crippen molar-refractivity contribution >= 4 is 23.5 Å². The Bertz CT molecular complexity index is 1250. The van der Waals surface area contributed by atoms with Crippen molar-refractivity contribution in [3.05, 3.63) is 65.0 Å². The third-order valence-corrected chi connectivity index (χ3v) is 7.32. The molecule has 3 aromatic rings. The standard InChI is InChI=1S/C29H36N6O2.C2H6.H2/c1-20-9-14-25-26(17-20)34-16-6-8-22(18-34)7-4-5-15-35(19-23-10-12-24(37-3)13-11-23)29-31-21(2)30-28(33-29)32-27(25)36;1-2;/h9-14,17,22H,4-8,15-16,18-19H2,1-3H3,(H,30,31,32,33,36);1-2H3;1H. The number of amides is 1. The molecule has 0 spiro atoms. The van der Waals surface area contributed by atoms with E-state index in [0.717, 1.165) is 61.5 Å². The first-order valence-electron chi connectivity index (χ1n) is 14.3. The number of ether oxygens (including phenoxy) is 1. The Labute approximate surface area is 234 Å². The number of rotatable bonds is 3. The molecule has 1 aromatic heterocycles. The molecule has 3 heterocycles. The number of nitrogens with one attached hydrogen (secondary N) is 1. The van der Waals surface area contributed by atoms with Crippen LogP contribution in [0.1, 0.15) is 74.7 Å². The monoisotopic (exact) mass is 532 g/mol. The van der Waals surface area contributed by atoms with E-state index in [1.165, 1.54) is 12.8 Å². The zero-order valence-electron chi connectivity index (χ0n) is 24.0. The summed E-state index contributed by atoms with van der Waals surface area (Å²) in [6.45, 7) is 11.4. The van der Waals surface area contributed by atoms with Crippen molar-refractivity contribution in [1.29, 1.82) is 0 Å². The Hall–Kier alpha value is -3.68. The summed E-state index contributed by atoms with van der Waals surface area (Å²) in [6, 6.07) is 14.1. The van der Waals surface area contributed by atoms with Gasteiger partial charge in [-0.2, -0.15) is 15.0 Å². The highest BCUT2D eigenvalue weighted by Crippen LogP contribution is 2.30. The van der Waals surface area contributed by atoms with Gasteiger partial charge in [-0.25, -0.2) is 0 Å². The van der Waals surface area contributed by atoms with E-state index in [9.17, 15) is 4.79 Å². The van der Waals surface area contributed by atoms with Crippen LogP contribution >= 0.6 is 0 Å². The van der Waals surface area contributed by atoms with E-state index < -0.39 is 0 Å². The van der Waals surface area contributed by atoms with E-state index in [1.54, 1.807) is 7.11 Å². The third-order valence-electron chi connectivity index (χ3n) is 7.32. The van der Waals surface area contributed by atoms with Crippen molar-refractivity contribution in [3.63, 3.8) is 0 Å². The minimum atomic E-state index is -0.190. The summed E-state index contributed by atoms with van der Waals surface area (Å²) >= 11 is 0. The first-order valence-corrected chi connectivity index (χ1v) is 14.3. The Morgan fingerprint density at radius 2 is 1.74 bits per heavy atom. The average molecular weight is 533 g/mol. The van der Waals surface area contributed by atoms with E-state index in [4.69, 9.17) is 9.72 Å². The van der Waals surface area contributed by atoms with E-state index >= 15 is 0 Å². The number of methoxy groups -OCH3 is 1. The molecule has 1 N–H and O–H groups in total. The van der Waals surface area contributed by atoms with Gasteiger partial charge in [0.25, 0.3) is 5.91 Å². The smallest absolute Gasteiger partial charge is 0.260 e. The van der Waals surface area contributed by atoms with Gasteiger partial charge in [0.1, 0.15) is 11.6 Å². The van der Waals surface area contributed by atoms with Gasteiger partial charge in [-0.05, 0) is 80.8 Å². The first-order chi connectivity index (χ1) is 19.0. The number of benzene rings is 2. The van der Waals surface area contributed by atoms with Crippen molar-refractivity contribution in [2.24, 2.45) is 5.92 Å². The normalized spacial score (nSPS) is 17.6. The largest absolute Gasteiger partial charge is 0.497 e. The predicted octanol–water partition coefficient (Wildman–Crippen LogP) is 6.43. The fraction of sp³-hybridized carbons (Fsp3) is 0.484. The number of nitrogens with zero attached hydrogens (tertiary/aromatic N) is 5. The molecule has 4 bridgehead atoms. The second kappa shape index (κ2) is 13.4. The van der Waals surface area contributed by atoms with E-state index in [2.05, 4.69) is 50.2 Å². The van der Waals surface area contributed by atoms with Crippen LogP contribution in [-0.2, 0) is 6.54 Å². The zero-order valence-corrected chi connectivity index (χ0v) is 24.0. The average Bonchev–Trinajstić information content (AvgIpc) is 2.95. The van der Waals surface area contributed by atoms with Gasteiger partial charge in [0.15, 0.2) is 0 Å². The molecule has 8 heteroatoms. The molecule has 210 valence electrons. The molecule has 1 fully saturated rings. The number of piperidine rings is 1. The van der Waals surface area contributed by atoms with E-state index in [-0.39, 0.29) is 13.3 Å². The number of anilines is 3. The summed E-state index contributed by atoms with van der Waals surface area (Å²) in [6.07, 6.45) is 5.77. The molecule has 0 aliphatic carbocycles. The van der Waals surface area contributed by atoms with Crippen LogP contribution in [0.4, 0.5) is 17.6 Å². The molecule has 2 aliphatic heterocycles. The second-order valence-corrected chi connectivity index (χ2v) is 10.2. The lowest BCUT2D eigenvalue weighted by Gasteiger charge is -2.35. The van der Waals surface area contributed by atoms with Crippen molar-refractivity contribution in [1.82, 2.24) is 15.0 Å². The molecule has 1 amide bonds. The Kier molecular flexibility index (Phi) is 9.74. The number of carbonyl (C=O) groups is 1. The fourth-order valence-electron chi connectivity index (χ4n) is 5.39. The van der Waals surface area contributed by atoms with Crippen LogP contribution in [0.15, 0.2) is 42.5 Å². The molecule has 5 rings (SSSR count). The number of fused-ring (bicyclic) bond motifs is 6. The predicted molar refractivity (Wildman–Crippen MR) is 160 cm³/mol. The van der Waals surface area contributed by atoms with Gasteiger partial charge in [-0.1, -0.05) is 38.5 Å². The lowest BCUT2D eigenvalue weighted by molar-refractivity contribution is 0.102. The number of hydrogen-bond acceptors (Lipinski definition) is 7. The Morgan fingerprint density at radius 3 is 2.51 bits per heavy atom. The van der Waals surface area contributed by atoms with Gasteiger partial charge < -0.3 is 14.5 Å². The van der Waals surface area contributed by atoms with Crippen LogP contribution in [0, 0.1) is 19.8 Å². The van der Waals surface area contributed by atoms with Crippen molar-refractivity contribution in [2.75, 3.05) is 41.9 Å². The van der Waals surface area contributed by atoms with Crippen LogP contribution in [0.3, 0.4) is 0 Å². The van der Waals surface area contributed by atoms with Crippen molar-refractivity contribution < 1.29 is 11.0 Å². The molecule has 0 saturated carbocycles. The summed E-state index contributed by atoms with van der Waals surface area (Å²) in [4.78, 5) is 31.9. The SMILES string of the molecule is CC.COc1ccc(CN2CCCCC3CCCN(C3)c3cc(C)ccc3C(=O)Nc3nc(C)nc2n3)cc1.[HH]. The van der Waals surface area contributed by atoms with E-state index in [1.807, 2.05) is 45.0 Å². The number of aryl methyl sites for hydroxylation is 2. The summed E-state index contributed by atoms with van der Waals surface area (Å²) in [5.41, 5.74) is 3.97. The van der Waals surface area contributed by atoms with Gasteiger partial charge in [0.05, 0.1) is 12.7 Å². The molecule has 2 aromatic carbocycles. The van der Waals surface area contributed by atoms with Gasteiger partial charge in [-0.3, -0.25) is 10.1 Å². The minimum Gasteiger partial charge on any atom is -0.497 e. The van der Waals surface area contributed by atoms with Crippen LogP contribution in [0.2, 0.25) is 0 Å². The van der Waals surface area contributed by atoms with Crippen LogP contribution in [0.25, 0.3) is 0 Å². The maximum atomic E-state index is 13.5. The molecule has 1 unspecified atom stereocenters. The molecule has 1 saturated heterocycles. The minimum absolute atomic E-state index is 0. The maximum Gasteiger partial charge on any atom is 0.260 e. The molecule has 2 aliphatic rings. The molecular weight excluding hydrogens is 488 g/mol. The third kappa shape index (κ3) is 7.25. The lowest BCUT2D eigenvalue weighted by Crippen LogP contribution is -2.36. The summed E-state index contributed by atoms with van der Waals surface area (Å²) in [7, 11) is 1.67. The highest BCUT2D eigenvalue weighted by Gasteiger charge is 2.25. The van der Waals surface area contributed by atoms with Gasteiger partial charge in [-0.15, -0.1) is 0 Å². The summed E-state index contributed by atoms with van der Waals surface area (Å²) in [5.74, 6) is 2.72. The van der Waals surface area contributed by atoms with Gasteiger partial charge >= 0.3 is 0 Å². The maximum absolute atomic E-state index is 13.5. The number of hydrogen-bond donors (Lipinski definition) is 1. The van der Waals surface area contributed by atoms with Crippen molar-refractivity contribution in [3.8, 4) is 5.75 Å². The summed E-state index contributed by atoms with van der Waals surface area (Å²) in [5, 5.41) is 2.97. The highest BCUT2D eigenvalue weighted by atomic mass is 16.5. The van der Waals surface area contributed by atoms with Gasteiger partial charge in [0.2, 0.25) is 11.9 Å². The van der Waals surface area contributed by atoms with Crippen molar-refractivity contribution in [2.45, 2.75) is 66.3 Å². The molecule has 39 heavy (non-hydrogen) atoms. The summed E-state index contributed by atoms with van der Waals surface area (Å²) < 4.78 is 5.32. The second-order valence-electron chi connectivity index (χ2n) is 10.2. The zero-order chi connectivity index (χ0) is 27.8. The Balaban J connectivity index is 0.00000144. The van der Waals surface area contributed by atoms with Crippen LogP contribution in [0.5, 0.6) is 5.75 Å². The quantitative estimate of drug-likeness (QED) is 0.416. The lowest BCUT2D eigenvalue weighted by atomic mass is 9.91. The molecule has 0 radical (unpaired) electrons. The fourth-order valence-corrected chi connectivity index (χ4v) is 5.39. The van der Waals surface area contributed by atoms with E-state index in [0.29, 0.717) is 29.8 Å². The molecular formula is C31H44N6O2. The number of aromatic nitrogens is 3. The Morgan fingerprint density at radius 1 is 0.974 bits per heavy atom. The van der Waals surface area contributed by atoms with Crippen LogP contribution in [-0.4, -0.2) is 47.6 Å². The molecule has 1 atom stereocenters. The van der Waals surface area contributed by atoms with Gasteiger partial charge in [0, 0.05) is 33.3 Å². The number of carbonyl (C=O) groups excluding carboxylic acids is 1.